The first-order valence-corrected chi connectivity index (χ1v) is 9.33. The van der Waals surface area contributed by atoms with Crippen LogP contribution in [0.15, 0.2) is 38.8 Å². The summed E-state index contributed by atoms with van der Waals surface area (Å²) in [7, 11) is 1.46. The largest absolute Gasteiger partial charge is 0.497 e. The quantitative estimate of drug-likeness (QED) is 0.622. The van der Waals surface area contributed by atoms with Crippen LogP contribution in [0.2, 0.25) is 0 Å². The van der Waals surface area contributed by atoms with E-state index in [0.29, 0.717) is 17.0 Å². The minimum atomic E-state index is -0.793. The Morgan fingerprint density at radius 2 is 2.15 bits per heavy atom. The third-order valence-electron chi connectivity index (χ3n) is 4.12. The summed E-state index contributed by atoms with van der Waals surface area (Å²) in [6.07, 6.45) is 1.38. The van der Waals surface area contributed by atoms with E-state index in [0.717, 1.165) is 14.2 Å². The van der Waals surface area contributed by atoms with Gasteiger partial charge in [0.05, 0.1) is 16.5 Å². The number of aromatic nitrogens is 1. The zero-order valence-corrected chi connectivity index (χ0v) is 16.7. The van der Waals surface area contributed by atoms with Gasteiger partial charge in [-0.15, -0.1) is 11.3 Å². The number of nitrogens with one attached hydrogen (secondary N) is 1. The molecular formula is C18H16BrFN2O3S. The number of benzene rings is 1. The van der Waals surface area contributed by atoms with Crippen molar-refractivity contribution in [2.24, 2.45) is 0 Å². The highest BCUT2D eigenvalue weighted by atomic mass is 79.9. The molecule has 2 aromatic heterocycles. The van der Waals surface area contributed by atoms with Gasteiger partial charge in [0.25, 0.3) is 5.91 Å². The zero-order chi connectivity index (χ0) is 18.8. The second-order valence-electron chi connectivity index (χ2n) is 5.65. The van der Waals surface area contributed by atoms with Crippen molar-refractivity contribution in [2.45, 2.75) is 19.9 Å². The monoisotopic (exact) mass is 438 g/mol. The first kappa shape index (κ1) is 18.6. The van der Waals surface area contributed by atoms with Crippen LogP contribution in [0.5, 0.6) is 5.75 Å². The van der Waals surface area contributed by atoms with E-state index in [-0.39, 0.29) is 11.5 Å². The van der Waals surface area contributed by atoms with Crippen molar-refractivity contribution < 1.29 is 18.4 Å². The summed E-state index contributed by atoms with van der Waals surface area (Å²) in [5.74, 6) is -0.430. The summed E-state index contributed by atoms with van der Waals surface area (Å²) in [4.78, 5) is 13.9. The van der Waals surface area contributed by atoms with Crippen LogP contribution in [0.3, 0.4) is 0 Å². The standard InChI is InChI=1S/C18H16BrFN2O3S/c1-9-10(2)26-17(19)15(9)18(23)21-16(14-6-7-25-22-14)12-5-4-11(24-3)8-13(12)20/h4-8,16H,1-3H3,(H,21,23). The molecule has 0 radical (unpaired) electrons. The van der Waals surface area contributed by atoms with Crippen molar-refractivity contribution in [1.29, 1.82) is 0 Å². The van der Waals surface area contributed by atoms with Gasteiger partial charge in [0.1, 0.15) is 29.6 Å². The predicted octanol–water partition coefficient (Wildman–Crippen LogP) is 4.78. The van der Waals surface area contributed by atoms with Crippen molar-refractivity contribution in [1.82, 2.24) is 10.5 Å². The van der Waals surface area contributed by atoms with E-state index in [9.17, 15) is 9.18 Å². The number of carbonyl (C=O) groups excluding carboxylic acids is 1. The number of hydrogen-bond donors (Lipinski definition) is 1. The van der Waals surface area contributed by atoms with E-state index in [4.69, 9.17) is 9.26 Å². The van der Waals surface area contributed by atoms with Crippen LogP contribution in [0, 0.1) is 19.7 Å². The molecule has 26 heavy (non-hydrogen) atoms. The van der Waals surface area contributed by atoms with Crippen molar-refractivity contribution in [3.05, 3.63) is 67.4 Å². The van der Waals surface area contributed by atoms with Gasteiger partial charge in [0.2, 0.25) is 0 Å². The van der Waals surface area contributed by atoms with E-state index in [2.05, 4.69) is 26.4 Å². The van der Waals surface area contributed by atoms with Gasteiger partial charge in [-0.1, -0.05) is 5.16 Å². The second-order valence-corrected chi connectivity index (χ2v) is 8.19. The average Bonchev–Trinajstić information content (AvgIpc) is 3.22. The number of amides is 1. The van der Waals surface area contributed by atoms with Gasteiger partial charge in [-0.05, 0) is 47.5 Å². The molecule has 0 saturated heterocycles. The summed E-state index contributed by atoms with van der Waals surface area (Å²) in [5.41, 5.74) is 2.10. The Morgan fingerprint density at radius 3 is 2.69 bits per heavy atom. The SMILES string of the molecule is COc1ccc(C(NC(=O)c2c(Br)sc(C)c2C)c2ccon2)c(F)c1. The number of halogens is 2. The van der Waals surface area contributed by atoms with Crippen LogP contribution in [0.1, 0.15) is 38.1 Å². The van der Waals surface area contributed by atoms with Crippen LogP contribution in [0.25, 0.3) is 0 Å². The Balaban J connectivity index is 1.99. The number of rotatable bonds is 5. The van der Waals surface area contributed by atoms with Gasteiger partial charge in [0, 0.05) is 22.6 Å². The molecule has 0 aliphatic heterocycles. The molecule has 0 aliphatic carbocycles. The lowest BCUT2D eigenvalue weighted by Crippen LogP contribution is -2.30. The zero-order valence-electron chi connectivity index (χ0n) is 14.3. The van der Waals surface area contributed by atoms with Crippen LogP contribution in [0.4, 0.5) is 4.39 Å². The topological polar surface area (TPSA) is 64.4 Å². The fourth-order valence-electron chi connectivity index (χ4n) is 2.60. The van der Waals surface area contributed by atoms with Gasteiger partial charge in [-0.25, -0.2) is 4.39 Å². The first-order chi connectivity index (χ1) is 12.4. The minimum Gasteiger partial charge on any atom is -0.497 e. The van der Waals surface area contributed by atoms with E-state index in [1.54, 1.807) is 18.2 Å². The highest BCUT2D eigenvalue weighted by Crippen LogP contribution is 2.33. The Kier molecular flexibility index (Phi) is 5.43. The van der Waals surface area contributed by atoms with Gasteiger partial charge in [-0.2, -0.15) is 0 Å². The number of methoxy groups -OCH3 is 1. The smallest absolute Gasteiger partial charge is 0.254 e. The van der Waals surface area contributed by atoms with Crippen LogP contribution < -0.4 is 10.1 Å². The molecule has 1 atom stereocenters. The lowest BCUT2D eigenvalue weighted by molar-refractivity contribution is 0.0940. The van der Waals surface area contributed by atoms with Gasteiger partial charge >= 0.3 is 0 Å². The number of carbonyl (C=O) groups is 1. The molecule has 2 heterocycles. The molecule has 0 bridgehead atoms. The Labute approximate surface area is 162 Å². The molecule has 3 rings (SSSR count). The summed E-state index contributed by atoms with van der Waals surface area (Å²) in [6.45, 7) is 3.82. The second kappa shape index (κ2) is 7.59. The van der Waals surface area contributed by atoms with Gasteiger partial charge in [0.15, 0.2) is 0 Å². The summed E-state index contributed by atoms with van der Waals surface area (Å²) < 4.78 is 25.3. The average molecular weight is 439 g/mol. The maximum absolute atomic E-state index is 14.6. The van der Waals surface area contributed by atoms with Crippen molar-refractivity contribution in [3.8, 4) is 5.75 Å². The molecule has 1 aromatic carbocycles. The lowest BCUT2D eigenvalue weighted by atomic mass is 10.0. The molecule has 136 valence electrons. The number of aryl methyl sites for hydroxylation is 1. The molecule has 8 heteroatoms. The van der Waals surface area contributed by atoms with Crippen LogP contribution >= 0.6 is 27.3 Å². The van der Waals surface area contributed by atoms with Gasteiger partial charge < -0.3 is 14.6 Å². The van der Waals surface area contributed by atoms with Crippen molar-refractivity contribution >= 4 is 33.2 Å². The van der Waals surface area contributed by atoms with Crippen molar-refractivity contribution in [3.63, 3.8) is 0 Å². The molecule has 1 amide bonds. The Morgan fingerprint density at radius 1 is 1.38 bits per heavy atom. The fraction of sp³-hybridized carbons (Fsp3) is 0.222. The third kappa shape index (κ3) is 3.52. The lowest BCUT2D eigenvalue weighted by Gasteiger charge is -2.18. The predicted molar refractivity (Wildman–Crippen MR) is 100 cm³/mol. The highest BCUT2D eigenvalue weighted by molar-refractivity contribution is 9.11. The Bertz CT molecular complexity index is 940. The summed E-state index contributed by atoms with van der Waals surface area (Å²) in [6, 6.07) is 5.26. The number of thiophene rings is 1. The van der Waals surface area contributed by atoms with Crippen LogP contribution in [-0.2, 0) is 0 Å². The fourth-order valence-corrected chi connectivity index (χ4v) is 4.68. The van der Waals surface area contributed by atoms with E-state index in [1.165, 1.54) is 30.8 Å². The minimum absolute atomic E-state index is 0.272. The molecule has 3 aromatic rings. The third-order valence-corrected chi connectivity index (χ3v) is 5.99. The van der Waals surface area contributed by atoms with E-state index in [1.807, 2.05) is 13.8 Å². The number of nitrogens with zero attached hydrogens (tertiary/aromatic N) is 1. The molecular weight excluding hydrogens is 423 g/mol. The molecule has 0 saturated carbocycles. The van der Waals surface area contributed by atoms with Gasteiger partial charge in [-0.3, -0.25) is 4.79 Å². The molecule has 0 fully saturated rings. The number of hydrogen-bond acceptors (Lipinski definition) is 5. The number of ether oxygens (including phenoxy) is 1. The molecule has 5 nitrogen and oxygen atoms in total. The normalized spacial score (nSPS) is 12.0. The van der Waals surface area contributed by atoms with E-state index >= 15 is 0 Å². The summed E-state index contributed by atoms with van der Waals surface area (Å²) >= 11 is 4.91. The van der Waals surface area contributed by atoms with E-state index < -0.39 is 11.9 Å². The molecule has 0 aliphatic rings. The molecule has 1 N–H and O–H groups in total. The molecule has 0 spiro atoms. The Hall–Kier alpha value is -2.19. The maximum Gasteiger partial charge on any atom is 0.254 e. The van der Waals surface area contributed by atoms with Crippen LogP contribution in [-0.4, -0.2) is 18.2 Å². The van der Waals surface area contributed by atoms with Crippen molar-refractivity contribution in [2.75, 3.05) is 7.11 Å². The molecule has 1 unspecified atom stereocenters. The highest BCUT2D eigenvalue weighted by Gasteiger charge is 2.26. The maximum atomic E-state index is 14.6. The first-order valence-electron chi connectivity index (χ1n) is 7.72. The summed E-state index contributed by atoms with van der Waals surface area (Å²) in [5, 5.41) is 6.74.